The number of aliphatic hydroxyl groups excluding tert-OH is 1. The third kappa shape index (κ3) is 4.66. The van der Waals surface area contributed by atoms with Gasteiger partial charge in [-0.25, -0.2) is 0 Å². The Morgan fingerprint density at radius 3 is 2.33 bits per heavy atom. The molecule has 0 amide bonds. The third-order valence-corrected chi connectivity index (χ3v) is 5.13. The van der Waals surface area contributed by atoms with Crippen LogP contribution >= 0.6 is 0 Å². The zero-order valence-corrected chi connectivity index (χ0v) is 14.7. The molecule has 0 saturated heterocycles. The van der Waals surface area contributed by atoms with Crippen molar-refractivity contribution in [3.05, 3.63) is 77.4 Å². The molecule has 0 bridgehead atoms. The number of hydrogen-bond donors (Lipinski definition) is 1. The molecule has 3 atom stereocenters. The maximum Gasteiger partial charge on any atom is 0.416 e. The highest BCUT2D eigenvalue weighted by Gasteiger charge is 2.37. The second kappa shape index (κ2) is 8.09. The molecule has 2 aromatic carbocycles. The third-order valence-electron chi connectivity index (χ3n) is 5.13. The molecule has 27 heavy (non-hydrogen) atoms. The summed E-state index contributed by atoms with van der Waals surface area (Å²) in [6.45, 7) is 0. The number of aliphatic hydroxyl groups is 1. The first-order chi connectivity index (χ1) is 12.9. The second-order valence-corrected chi connectivity index (χ2v) is 6.90. The van der Waals surface area contributed by atoms with Crippen LogP contribution in [0.2, 0.25) is 0 Å². The molecule has 1 aliphatic carbocycles. The lowest BCUT2D eigenvalue weighted by Gasteiger charge is -2.22. The molecule has 0 radical (unpaired) electrons. The van der Waals surface area contributed by atoms with Crippen LogP contribution in [0.4, 0.5) is 13.2 Å². The van der Waals surface area contributed by atoms with E-state index in [1.165, 1.54) is 12.1 Å². The van der Waals surface area contributed by atoms with Crippen molar-refractivity contribution in [1.29, 1.82) is 0 Å². The zero-order chi connectivity index (χ0) is 19.4. The molecule has 142 valence electrons. The minimum Gasteiger partial charge on any atom is -0.389 e. The van der Waals surface area contributed by atoms with Crippen LogP contribution in [-0.4, -0.2) is 17.0 Å². The van der Waals surface area contributed by atoms with E-state index in [1.807, 2.05) is 36.4 Å². The number of alkyl halides is 3. The Labute approximate surface area is 156 Å². The van der Waals surface area contributed by atoms with Crippen molar-refractivity contribution in [2.24, 2.45) is 11.8 Å². The van der Waals surface area contributed by atoms with Crippen molar-refractivity contribution in [3.63, 3.8) is 0 Å². The van der Waals surface area contributed by atoms with Gasteiger partial charge in [0.1, 0.15) is 0 Å². The molecule has 1 N–H and O–H groups in total. The normalized spacial score (nSPS) is 21.5. The van der Waals surface area contributed by atoms with Crippen molar-refractivity contribution in [2.75, 3.05) is 0 Å². The Hall–Kier alpha value is -2.40. The lowest BCUT2D eigenvalue weighted by atomic mass is 9.84. The van der Waals surface area contributed by atoms with Crippen LogP contribution in [0.5, 0.6) is 0 Å². The lowest BCUT2D eigenvalue weighted by molar-refractivity contribution is -0.137. The number of carbonyl (C=O) groups is 1. The minimum absolute atomic E-state index is 0.196. The van der Waals surface area contributed by atoms with Gasteiger partial charge in [-0.3, -0.25) is 4.79 Å². The first-order valence-corrected chi connectivity index (χ1v) is 8.99. The highest BCUT2D eigenvalue weighted by atomic mass is 19.4. The first-order valence-electron chi connectivity index (χ1n) is 8.99. The molecule has 0 spiro atoms. The predicted octanol–water partition coefficient (Wildman–Crippen LogP) is 5.38. The van der Waals surface area contributed by atoms with Gasteiger partial charge in [0.05, 0.1) is 11.7 Å². The Morgan fingerprint density at radius 2 is 1.70 bits per heavy atom. The van der Waals surface area contributed by atoms with Gasteiger partial charge in [0.2, 0.25) is 0 Å². The highest BCUT2D eigenvalue weighted by Crippen LogP contribution is 2.37. The molecular formula is C22H21F3O2. The number of hydrogen-bond acceptors (Lipinski definition) is 2. The second-order valence-electron chi connectivity index (χ2n) is 6.90. The van der Waals surface area contributed by atoms with Gasteiger partial charge in [0, 0.05) is 11.5 Å². The van der Waals surface area contributed by atoms with Crippen molar-refractivity contribution in [3.8, 4) is 0 Å². The number of benzene rings is 2. The summed E-state index contributed by atoms with van der Waals surface area (Å²) in [6, 6.07) is 13.9. The summed E-state index contributed by atoms with van der Waals surface area (Å²) in [7, 11) is 0. The molecule has 1 saturated carbocycles. The van der Waals surface area contributed by atoms with Crippen LogP contribution in [0.25, 0.3) is 6.08 Å². The van der Waals surface area contributed by atoms with E-state index in [0.717, 1.165) is 30.5 Å². The van der Waals surface area contributed by atoms with Gasteiger partial charge in [-0.2, -0.15) is 13.2 Å². The number of halogens is 3. The standard InChI is InChI=1S/C22H21F3O2/c23-22(24,25)17-12-10-16(11-13-17)21(27)19-8-4-7-18(19)20(26)14-9-15-5-2-1-3-6-15/h1-3,5-6,9-14,18-20,26H,4,7-8H2/b14-9+/t18-,19-,20-/m0/s1. The molecule has 3 rings (SSSR count). The number of rotatable bonds is 5. The van der Waals surface area contributed by atoms with Crippen molar-refractivity contribution >= 4 is 11.9 Å². The topological polar surface area (TPSA) is 37.3 Å². The molecule has 2 nitrogen and oxygen atoms in total. The van der Waals surface area contributed by atoms with Crippen molar-refractivity contribution in [1.82, 2.24) is 0 Å². The molecule has 0 unspecified atom stereocenters. The highest BCUT2D eigenvalue weighted by molar-refractivity contribution is 5.98. The lowest BCUT2D eigenvalue weighted by Crippen LogP contribution is -2.27. The Morgan fingerprint density at radius 1 is 1.04 bits per heavy atom. The predicted molar refractivity (Wildman–Crippen MR) is 98.1 cm³/mol. The SMILES string of the molecule is O=C(c1ccc(C(F)(F)F)cc1)[C@H]1CCC[C@@H]1[C@@H](O)/C=C/c1ccccc1. The van der Waals surface area contributed by atoms with E-state index < -0.39 is 17.8 Å². The van der Waals surface area contributed by atoms with E-state index >= 15 is 0 Å². The molecular weight excluding hydrogens is 353 g/mol. The van der Waals surface area contributed by atoms with Crippen molar-refractivity contribution < 1.29 is 23.1 Å². The number of Topliss-reactive ketones (excluding diaryl/α,β-unsaturated/α-hetero) is 1. The number of carbonyl (C=O) groups excluding carboxylic acids is 1. The van der Waals surface area contributed by atoms with E-state index in [2.05, 4.69) is 0 Å². The van der Waals surface area contributed by atoms with Crippen LogP contribution in [0, 0.1) is 11.8 Å². The van der Waals surface area contributed by atoms with Gasteiger partial charge >= 0.3 is 6.18 Å². The van der Waals surface area contributed by atoms with Gasteiger partial charge in [-0.1, -0.05) is 61.0 Å². The summed E-state index contributed by atoms with van der Waals surface area (Å²) < 4.78 is 38.1. The molecule has 0 aliphatic heterocycles. The molecule has 1 fully saturated rings. The summed E-state index contributed by atoms with van der Waals surface area (Å²) in [5.41, 5.74) is 0.451. The smallest absolute Gasteiger partial charge is 0.389 e. The van der Waals surface area contributed by atoms with Crippen LogP contribution < -0.4 is 0 Å². The van der Waals surface area contributed by atoms with E-state index in [0.29, 0.717) is 6.42 Å². The van der Waals surface area contributed by atoms with Crippen LogP contribution in [-0.2, 0) is 6.18 Å². The largest absolute Gasteiger partial charge is 0.416 e. The summed E-state index contributed by atoms with van der Waals surface area (Å²) >= 11 is 0. The van der Waals surface area contributed by atoms with E-state index in [1.54, 1.807) is 6.08 Å². The maximum absolute atomic E-state index is 12.8. The molecule has 5 heteroatoms. The van der Waals surface area contributed by atoms with Crippen LogP contribution in [0.1, 0.15) is 40.7 Å². The van der Waals surface area contributed by atoms with Gasteiger partial charge in [0.15, 0.2) is 5.78 Å². The van der Waals surface area contributed by atoms with Gasteiger partial charge < -0.3 is 5.11 Å². The monoisotopic (exact) mass is 374 g/mol. The first kappa shape index (κ1) is 19.4. The molecule has 0 heterocycles. The molecule has 2 aromatic rings. The minimum atomic E-state index is -4.42. The van der Waals surface area contributed by atoms with E-state index in [4.69, 9.17) is 0 Å². The Bertz CT molecular complexity index is 795. The fourth-order valence-electron chi connectivity index (χ4n) is 3.68. The fourth-order valence-corrected chi connectivity index (χ4v) is 3.68. The summed E-state index contributed by atoms with van der Waals surface area (Å²) in [5.74, 6) is -0.796. The van der Waals surface area contributed by atoms with Crippen molar-refractivity contribution in [2.45, 2.75) is 31.5 Å². The van der Waals surface area contributed by atoms with Crippen LogP contribution in [0.15, 0.2) is 60.7 Å². The van der Waals surface area contributed by atoms with Gasteiger partial charge in [-0.05, 0) is 36.5 Å². The average Bonchev–Trinajstić information content (AvgIpc) is 3.15. The number of ketones is 1. The average molecular weight is 374 g/mol. The molecule has 0 aromatic heterocycles. The van der Waals surface area contributed by atoms with Crippen LogP contribution in [0.3, 0.4) is 0 Å². The van der Waals surface area contributed by atoms with Gasteiger partial charge in [0.25, 0.3) is 0 Å². The fraction of sp³-hybridized carbons (Fsp3) is 0.318. The molecule has 1 aliphatic rings. The van der Waals surface area contributed by atoms with E-state index in [-0.39, 0.29) is 23.2 Å². The summed E-state index contributed by atoms with van der Waals surface area (Å²) in [5, 5.41) is 10.5. The Kier molecular flexibility index (Phi) is 5.80. The maximum atomic E-state index is 12.8. The zero-order valence-electron chi connectivity index (χ0n) is 14.7. The summed E-state index contributed by atoms with van der Waals surface area (Å²) in [6.07, 6.45) is 0.503. The van der Waals surface area contributed by atoms with Gasteiger partial charge in [-0.15, -0.1) is 0 Å². The summed E-state index contributed by atoms with van der Waals surface area (Å²) in [4.78, 5) is 12.8. The quantitative estimate of drug-likeness (QED) is 0.714. The van der Waals surface area contributed by atoms with E-state index in [9.17, 15) is 23.1 Å². The Balaban J connectivity index is 1.71.